The first-order valence-corrected chi connectivity index (χ1v) is 7.92. The Hall–Kier alpha value is -2.89. The number of aromatic nitrogens is 1. The molecule has 6 nitrogen and oxygen atoms in total. The van der Waals surface area contributed by atoms with E-state index in [0.717, 1.165) is 18.4 Å². The maximum atomic E-state index is 12.6. The average molecular weight is 324 g/mol. The van der Waals surface area contributed by atoms with Crippen LogP contribution in [0.1, 0.15) is 34.3 Å². The molecular weight excluding hydrogens is 304 g/mol. The highest BCUT2D eigenvalue weighted by molar-refractivity contribution is 6.01. The zero-order valence-electron chi connectivity index (χ0n) is 13.5. The van der Waals surface area contributed by atoms with Crippen LogP contribution in [0.2, 0.25) is 0 Å². The Morgan fingerprint density at radius 1 is 1.33 bits per heavy atom. The third kappa shape index (κ3) is 3.53. The topological polar surface area (TPSA) is 89.5 Å². The lowest BCUT2D eigenvalue weighted by molar-refractivity contribution is 0.0961. The van der Waals surface area contributed by atoms with Gasteiger partial charge >= 0.3 is 0 Å². The summed E-state index contributed by atoms with van der Waals surface area (Å²) in [7, 11) is 1.50. The predicted octanol–water partition coefficient (Wildman–Crippen LogP) is 1.12. The Bertz CT molecular complexity index is 836. The minimum atomic E-state index is -0.428. The SMILES string of the molecule is CNC(=O)c1cc(C(N)=NC2CC2)cn(Cc2ccccc2)c1=O. The van der Waals surface area contributed by atoms with Gasteiger partial charge in [0.2, 0.25) is 0 Å². The third-order valence-electron chi connectivity index (χ3n) is 3.92. The van der Waals surface area contributed by atoms with Crippen molar-refractivity contribution >= 4 is 11.7 Å². The van der Waals surface area contributed by atoms with Crippen LogP contribution in [0.4, 0.5) is 0 Å². The molecular formula is C18H20N4O2. The minimum absolute atomic E-state index is 0.0693. The van der Waals surface area contributed by atoms with Crippen LogP contribution in [0.5, 0.6) is 0 Å². The quantitative estimate of drug-likeness (QED) is 0.638. The Kier molecular flexibility index (Phi) is 4.46. The van der Waals surface area contributed by atoms with Crippen molar-refractivity contribution in [2.75, 3.05) is 7.05 Å². The summed E-state index contributed by atoms with van der Waals surface area (Å²) < 4.78 is 1.50. The second kappa shape index (κ2) is 6.70. The van der Waals surface area contributed by atoms with Crippen molar-refractivity contribution in [2.24, 2.45) is 10.7 Å². The van der Waals surface area contributed by atoms with Crippen LogP contribution >= 0.6 is 0 Å². The summed E-state index contributed by atoms with van der Waals surface area (Å²) in [6, 6.07) is 11.4. The summed E-state index contributed by atoms with van der Waals surface area (Å²) in [5, 5.41) is 2.50. The van der Waals surface area contributed by atoms with E-state index in [1.54, 1.807) is 6.20 Å². The standard InChI is InChI=1S/C18H20N4O2/c1-20-17(23)15-9-13(16(19)21-14-7-8-14)11-22(18(15)24)10-12-5-3-2-4-6-12/h2-6,9,11,14H,7-8,10H2,1H3,(H2,19,21)(H,20,23). The summed E-state index contributed by atoms with van der Waals surface area (Å²) in [6.07, 6.45) is 3.74. The lowest BCUT2D eigenvalue weighted by Gasteiger charge is -2.11. The number of benzene rings is 1. The van der Waals surface area contributed by atoms with E-state index in [-0.39, 0.29) is 17.2 Å². The molecule has 0 radical (unpaired) electrons. The number of rotatable bonds is 5. The predicted molar refractivity (Wildman–Crippen MR) is 93.4 cm³/mol. The van der Waals surface area contributed by atoms with Gasteiger partial charge in [-0.15, -0.1) is 0 Å². The van der Waals surface area contributed by atoms with Crippen LogP contribution in [-0.4, -0.2) is 29.4 Å². The van der Waals surface area contributed by atoms with E-state index < -0.39 is 5.91 Å². The van der Waals surface area contributed by atoms with E-state index in [2.05, 4.69) is 10.3 Å². The number of nitrogens with one attached hydrogen (secondary N) is 1. The highest BCUT2D eigenvalue weighted by Gasteiger charge is 2.21. The zero-order valence-corrected chi connectivity index (χ0v) is 13.5. The van der Waals surface area contributed by atoms with Gasteiger partial charge in [0.05, 0.1) is 12.6 Å². The molecule has 6 heteroatoms. The maximum absolute atomic E-state index is 12.6. The minimum Gasteiger partial charge on any atom is -0.383 e. The average Bonchev–Trinajstić information content (AvgIpc) is 3.40. The molecule has 1 aromatic carbocycles. The number of aliphatic imine (C=N–C) groups is 1. The lowest BCUT2D eigenvalue weighted by Crippen LogP contribution is -2.33. The van der Waals surface area contributed by atoms with E-state index in [1.807, 2.05) is 30.3 Å². The number of amidine groups is 1. The molecule has 1 heterocycles. The smallest absolute Gasteiger partial charge is 0.263 e. The number of hydrogen-bond acceptors (Lipinski definition) is 3. The molecule has 3 rings (SSSR count). The van der Waals surface area contributed by atoms with Gasteiger partial charge in [0.25, 0.3) is 11.5 Å². The monoisotopic (exact) mass is 324 g/mol. The van der Waals surface area contributed by atoms with Crippen LogP contribution in [0, 0.1) is 0 Å². The number of carbonyl (C=O) groups is 1. The molecule has 124 valence electrons. The van der Waals surface area contributed by atoms with Crippen molar-refractivity contribution in [3.63, 3.8) is 0 Å². The van der Waals surface area contributed by atoms with Gasteiger partial charge in [-0.05, 0) is 24.5 Å². The van der Waals surface area contributed by atoms with Crippen LogP contribution in [0.15, 0.2) is 52.4 Å². The van der Waals surface area contributed by atoms with Crippen molar-refractivity contribution in [1.82, 2.24) is 9.88 Å². The molecule has 1 amide bonds. The molecule has 1 aromatic heterocycles. The van der Waals surface area contributed by atoms with E-state index in [0.29, 0.717) is 17.9 Å². The number of nitrogens with two attached hydrogens (primary N) is 1. The van der Waals surface area contributed by atoms with Gasteiger partial charge in [0, 0.05) is 18.8 Å². The lowest BCUT2D eigenvalue weighted by atomic mass is 10.1. The van der Waals surface area contributed by atoms with Gasteiger partial charge in [-0.2, -0.15) is 0 Å². The van der Waals surface area contributed by atoms with Crippen molar-refractivity contribution in [2.45, 2.75) is 25.4 Å². The fourth-order valence-electron chi connectivity index (χ4n) is 2.45. The van der Waals surface area contributed by atoms with Gasteiger partial charge < -0.3 is 15.6 Å². The number of carbonyl (C=O) groups excluding carboxylic acids is 1. The molecule has 0 aliphatic heterocycles. The molecule has 0 saturated heterocycles. The molecule has 0 bridgehead atoms. The molecule has 1 aliphatic carbocycles. The number of amides is 1. The first kappa shape index (κ1) is 16.0. The summed E-state index contributed by atoms with van der Waals surface area (Å²) >= 11 is 0. The normalized spacial score (nSPS) is 14.5. The molecule has 0 spiro atoms. The van der Waals surface area contributed by atoms with Gasteiger partial charge in [-0.25, -0.2) is 0 Å². The molecule has 1 saturated carbocycles. The van der Waals surface area contributed by atoms with Gasteiger partial charge in [0.1, 0.15) is 11.4 Å². The molecule has 1 aliphatic rings. The fraction of sp³-hybridized carbons (Fsp3) is 0.278. The van der Waals surface area contributed by atoms with E-state index in [1.165, 1.54) is 17.7 Å². The summed E-state index contributed by atoms with van der Waals surface area (Å²) in [5.74, 6) is -0.0626. The molecule has 0 unspecified atom stereocenters. The number of hydrogen-bond donors (Lipinski definition) is 2. The number of nitrogens with zero attached hydrogens (tertiary/aromatic N) is 2. The first-order chi connectivity index (χ1) is 11.6. The summed E-state index contributed by atoms with van der Waals surface area (Å²) in [5.41, 5.74) is 7.35. The first-order valence-electron chi connectivity index (χ1n) is 7.92. The Morgan fingerprint density at radius 2 is 2.04 bits per heavy atom. The van der Waals surface area contributed by atoms with E-state index in [9.17, 15) is 9.59 Å². The van der Waals surface area contributed by atoms with E-state index in [4.69, 9.17) is 5.73 Å². The zero-order chi connectivity index (χ0) is 17.1. The van der Waals surface area contributed by atoms with Gasteiger partial charge in [-0.3, -0.25) is 14.6 Å². The van der Waals surface area contributed by atoms with Crippen LogP contribution in [-0.2, 0) is 6.54 Å². The van der Waals surface area contributed by atoms with Crippen molar-refractivity contribution in [3.05, 3.63) is 69.6 Å². The second-order valence-corrected chi connectivity index (χ2v) is 5.89. The third-order valence-corrected chi connectivity index (χ3v) is 3.92. The maximum Gasteiger partial charge on any atom is 0.263 e. The molecule has 0 atom stereocenters. The Morgan fingerprint density at radius 3 is 2.67 bits per heavy atom. The van der Waals surface area contributed by atoms with Crippen LogP contribution < -0.4 is 16.6 Å². The van der Waals surface area contributed by atoms with Crippen molar-refractivity contribution in [3.8, 4) is 0 Å². The highest BCUT2D eigenvalue weighted by atomic mass is 16.2. The molecule has 24 heavy (non-hydrogen) atoms. The molecule has 1 fully saturated rings. The fourth-order valence-corrected chi connectivity index (χ4v) is 2.45. The van der Waals surface area contributed by atoms with E-state index >= 15 is 0 Å². The van der Waals surface area contributed by atoms with Gasteiger partial charge in [0.15, 0.2) is 0 Å². The number of pyridine rings is 1. The Balaban J connectivity index is 2.05. The summed E-state index contributed by atoms with van der Waals surface area (Å²) in [6.45, 7) is 0.369. The molecule has 2 aromatic rings. The molecule has 3 N–H and O–H groups in total. The highest BCUT2D eigenvalue weighted by Crippen LogP contribution is 2.23. The largest absolute Gasteiger partial charge is 0.383 e. The second-order valence-electron chi connectivity index (χ2n) is 5.89. The van der Waals surface area contributed by atoms with Crippen LogP contribution in [0.3, 0.4) is 0 Å². The van der Waals surface area contributed by atoms with Crippen LogP contribution in [0.25, 0.3) is 0 Å². The van der Waals surface area contributed by atoms with Crippen molar-refractivity contribution in [1.29, 1.82) is 0 Å². The van der Waals surface area contributed by atoms with Crippen molar-refractivity contribution < 1.29 is 4.79 Å². The van der Waals surface area contributed by atoms with Gasteiger partial charge in [-0.1, -0.05) is 30.3 Å². The Labute approximate surface area is 140 Å². The summed E-state index contributed by atoms with van der Waals surface area (Å²) in [4.78, 5) is 29.1.